The van der Waals surface area contributed by atoms with E-state index in [1.807, 2.05) is 24.3 Å². The molecule has 2 nitrogen and oxygen atoms in total. The van der Waals surface area contributed by atoms with Crippen LogP contribution in [0.1, 0.15) is 37.4 Å². The third-order valence-electron chi connectivity index (χ3n) is 2.60. The highest BCUT2D eigenvalue weighted by Crippen LogP contribution is 2.14. The fraction of sp³-hybridized carbons (Fsp3) is 0.357. The molecule has 2 unspecified atom stereocenters. The second kappa shape index (κ2) is 5.95. The Morgan fingerprint density at radius 2 is 2.00 bits per heavy atom. The van der Waals surface area contributed by atoms with E-state index < -0.39 is 0 Å². The topological polar surface area (TPSA) is 35.8 Å². The van der Waals surface area contributed by atoms with E-state index in [1.165, 1.54) is 0 Å². The van der Waals surface area contributed by atoms with Gasteiger partial charge in [0, 0.05) is 6.04 Å². The van der Waals surface area contributed by atoms with Gasteiger partial charge in [0.05, 0.1) is 17.7 Å². The minimum Gasteiger partial charge on any atom is -0.297 e. The van der Waals surface area contributed by atoms with Crippen molar-refractivity contribution >= 4 is 0 Å². The molecule has 0 amide bonds. The molecule has 0 aliphatic carbocycles. The van der Waals surface area contributed by atoms with Crippen molar-refractivity contribution < 1.29 is 0 Å². The van der Waals surface area contributed by atoms with Gasteiger partial charge >= 0.3 is 0 Å². The highest BCUT2D eigenvalue weighted by atomic mass is 14.9. The Kier molecular flexibility index (Phi) is 4.58. The lowest BCUT2D eigenvalue weighted by atomic mass is 10.1. The van der Waals surface area contributed by atoms with Crippen molar-refractivity contribution in [3.63, 3.8) is 0 Å². The van der Waals surface area contributed by atoms with Gasteiger partial charge in [0.15, 0.2) is 0 Å². The summed E-state index contributed by atoms with van der Waals surface area (Å²) in [5.41, 5.74) is 1.83. The Balaban J connectivity index is 2.70. The summed E-state index contributed by atoms with van der Waals surface area (Å²) in [7, 11) is 0. The van der Waals surface area contributed by atoms with Crippen LogP contribution in [0.5, 0.6) is 0 Å². The molecule has 0 aliphatic heterocycles. The normalized spacial score (nSPS) is 13.5. The monoisotopic (exact) mass is 212 g/mol. The first-order chi connectivity index (χ1) is 7.71. The van der Waals surface area contributed by atoms with E-state index in [4.69, 9.17) is 11.7 Å². The molecule has 0 spiro atoms. The first-order valence-corrected chi connectivity index (χ1v) is 5.43. The SMILES string of the molecule is C#CC(CC)NC(C)c1ccc(C#N)cc1. The molecule has 0 aromatic heterocycles. The van der Waals surface area contributed by atoms with Crippen molar-refractivity contribution in [3.8, 4) is 18.4 Å². The molecule has 1 aromatic rings. The molecule has 0 radical (unpaired) electrons. The summed E-state index contributed by atoms with van der Waals surface area (Å²) in [5, 5.41) is 12.0. The average molecular weight is 212 g/mol. The molecule has 0 heterocycles. The number of terminal acetylenes is 1. The van der Waals surface area contributed by atoms with Crippen molar-refractivity contribution in [2.24, 2.45) is 0 Å². The number of nitrogens with one attached hydrogen (secondary N) is 1. The Labute approximate surface area is 97.3 Å². The number of rotatable bonds is 4. The summed E-state index contributed by atoms with van der Waals surface area (Å²) in [5.74, 6) is 2.71. The van der Waals surface area contributed by atoms with E-state index in [-0.39, 0.29) is 12.1 Å². The van der Waals surface area contributed by atoms with E-state index in [0.29, 0.717) is 5.56 Å². The zero-order chi connectivity index (χ0) is 12.0. The van der Waals surface area contributed by atoms with Gasteiger partial charge in [0.2, 0.25) is 0 Å². The van der Waals surface area contributed by atoms with Gasteiger partial charge in [-0.05, 0) is 31.0 Å². The predicted octanol–water partition coefficient (Wildman–Crippen LogP) is 2.62. The van der Waals surface area contributed by atoms with Gasteiger partial charge in [0.25, 0.3) is 0 Å². The molecular weight excluding hydrogens is 196 g/mol. The first kappa shape index (κ1) is 12.3. The van der Waals surface area contributed by atoms with Gasteiger partial charge in [-0.1, -0.05) is 25.0 Å². The van der Waals surface area contributed by atoms with Crippen molar-refractivity contribution in [2.75, 3.05) is 0 Å². The largest absolute Gasteiger partial charge is 0.297 e. The zero-order valence-electron chi connectivity index (χ0n) is 9.70. The van der Waals surface area contributed by atoms with Crippen LogP contribution in [0.15, 0.2) is 24.3 Å². The van der Waals surface area contributed by atoms with E-state index in [2.05, 4.69) is 31.2 Å². The molecule has 2 atom stereocenters. The lowest BCUT2D eigenvalue weighted by Gasteiger charge is -2.18. The zero-order valence-corrected chi connectivity index (χ0v) is 9.70. The highest BCUT2D eigenvalue weighted by molar-refractivity contribution is 5.32. The molecule has 0 aliphatic rings. The number of nitriles is 1. The van der Waals surface area contributed by atoms with E-state index in [1.54, 1.807) is 0 Å². The van der Waals surface area contributed by atoms with Crippen LogP contribution < -0.4 is 5.32 Å². The Hall–Kier alpha value is -1.77. The quantitative estimate of drug-likeness (QED) is 0.779. The van der Waals surface area contributed by atoms with Crippen LogP contribution in [0.4, 0.5) is 0 Å². The van der Waals surface area contributed by atoms with Gasteiger partial charge < -0.3 is 0 Å². The average Bonchev–Trinajstić information content (AvgIpc) is 2.35. The van der Waals surface area contributed by atoms with Gasteiger partial charge in [-0.15, -0.1) is 6.42 Å². The molecule has 1 N–H and O–H groups in total. The lowest BCUT2D eigenvalue weighted by Crippen LogP contribution is -2.29. The van der Waals surface area contributed by atoms with Gasteiger partial charge in [0.1, 0.15) is 0 Å². The Morgan fingerprint density at radius 3 is 2.44 bits per heavy atom. The molecular formula is C14H16N2. The molecule has 0 saturated carbocycles. The van der Waals surface area contributed by atoms with Crippen LogP contribution in [0.25, 0.3) is 0 Å². The number of hydrogen-bond donors (Lipinski definition) is 1. The fourth-order valence-electron chi connectivity index (χ4n) is 1.53. The number of nitrogens with zero attached hydrogens (tertiary/aromatic N) is 1. The third kappa shape index (κ3) is 3.12. The molecule has 1 aromatic carbocycles. The standard InChI is InChI=1S/C14H16N2/c1-4-14(5-2)16-11(3)13-8-6-12(10-15)7-9-13/h1,6-9,11,14,16H,5H2,2-3H3. The maximum atomic E-state index is 8.70. The van der Waals surface area contributed by atoms with Crippen LogP contribution >= 0.6 is 0 Å². The molecule has 0 fully saturated rings. The van der Waals surface area contributed by atoms with Crippen LogP contribution in [-0.2, 0) is 0 Å². The molecule has 0 bridgehead atoms. The molecule has 2 heteroatoms. The molecule has 0 saturated heterocycles. The third-order valence-corrected chi connectivity index (χ3v) is 2.60. The summed E-state index contributed by atoms with van der Waals surface area (Å²) in [4.78, 5) is 0. The van der Waals surface area contributed by atoms with Crippen LogP contribution in [0.2, 0.25) is 0 Å². The Bertz CT molecular complexity index is 406. The second-order valence-corrected chi connectivity index (χ2v) is 3.75. The minimum atomic E-state index is 0.102. The highest BCUT2D eigenvalue weighted by Gasteiger charge is 2.09. The summed E-state index contributed by atoms with van der Waals surface area (Å²) in [6.45, 7) is 4.13. The number of benzene rings is 1. The summed E-state index contributed by atoms with van der Waals surface area (Å²) < 4.78 is 0. The van der Waals surface area contributed by atoms with Crippen molar-refractivity contribution in [1.29, 1.82) is 5.26 Å². The van der Waals surface area contributed by atoms with Gasteiger partial charge in [-0.2, -0.15) is 5.26 Å². The van der Waals surface area contributed by atoms with Crippen molar-refractivity contribution in [3.05, 3.63) is 35.4 Å². The molecule has 1 rings (SSSR count). The first-order valence-electron chi connectivity index (χ1n) is 5.43. The maximum Gasteiger partial charge on any atom is 0.0991 e. The second-order valence-electron chi connectivity index (χ2n) is 3.75. The molecule has 82 valence electrons. The van der Waals surface area contributed by atoms with Crippen LogP contribution in [0.3, 0.4) is 0 Å². The van der Waals surface area contributed by atoms with Gasteiger partial charge in [-0.25, -0.2) is 0 Å². The Morgan fingerprint density at radius 1 is 1.38 bits per heavy atom. The smallest absolute Gasteiger partial charge is 0.0991 e. The van der Waals surface area contributed by atoms with Crippen molar-refractivity contribution in [1.82, 2.24) is 5.32 Å². The lowest BCUT2D eigenvalue weighted by molar-refractivity contribution is 0.512. The van der Waals surface area contributed by atoms with E-state index >= 15 is 0 Å². The van der Waals surface area contributed by atoms with Crippen molar-refractivity contribution in [2.45, 2.75) is 32.4 Å². The maximum absolute atomic E-state index is 8.70. The summed E-state index contributed by atoms with van der Waals surface area (Å²) in [6.07, 6.45) is 6.31. The molecule has 16 heavy (non-hydrogen) atoms. The van der Waals surface area contributed by atoms with E-state index in [9.17, 15) is 0 Å². The van der Waals surface area contributed by atoms with E-state index in [0.717, 1.165) is 12.0 Å². The predicted molar refractivity (Wildman–Crippen MR) is 65.6 cm³/mol. The van der Waals surface area contributed by atoms with Crippen LogP contribution in [-0.4, -0.2) is 6.04 Å². The summed E-state index contributed by atoms with van der Waals surface area (Å²) >= 11 is 0. The fourth-order valence-corrected chi connectivity index (χ4v) is 1.53. The van der Waals surface area contributed by atoms with Gasteiger partial charge in [-0.3, -0.25) is 5.32 Å². The minimum absolute atomic E-state index is 0.102. The number of hydrogen-bond acceptors (Lipinski definition) is 2. The van der Waals surface area contributed by atoms with Crippen LogP contribution in [0, 0.1) is 23.7 Å². The summed E-state index contributed by atoms with van der Waals surface area (Å²) in [6, 6.07) is 9.97.